The summed E-state index contributed by atoms with van der Waals surface area (Å²) in [5.74, 6) is -0.785. The average molecular weight is 467 g/mol. The van der Waals surface area contributed by atoms with Gasteiger partial charge in [-0.25, -0.2) is 4.79 Å². The Morgan fingerprint density at radius 1 is 1.21 bits per heavy atom. The number of para-hydroxylation sites is 1. The predicted molar refractivity (Wildman–Crippen MR) is 123 cm³/mol. The monoisotopic (exact) mass is 466 g/mol. The van der Waals surface area contributed by atoms with Gasteiger partial charge in [0.1, 0.15) is 15.5 Å². The fourth-order valence-corrected chi connectivity index (χ4v) is 4.39. The molecule has 0 saturated heterocycles. The minimum atomic E-state index is -0.582. The number of carbonyl (C=O) groups is 3. The average Bonchev–Trinajstić information content (AvgIpc) is 3.55. The fourth-order valence-electron chi connectivity index (χ4n) is 3.37. The van der Waals surface area contributed by atoms with Gasteiger partial charge < -0.3 is 19.4 Å². The van der Waals surface area contributed by atoms with Gasteiger partial charge in [0.15, 0.2) is 6.61 Å². The summed E-state index contributed by atoms with van der Waals surface area (Å²) < 4.78 is 12.2. The summed E-state index contributed by atoms with van der Waals surface area (Å²) in [7, 11) is 3.34. The minimum Gasteiger partial charge on any atom is -0.467 e. The molecule has 9 nitrogen and oxygen atoms in total. The molecule has 4 rings (SSSR count). The molecule has 0 unspecified atom stereocenters. The smallest absolute Gasteiger partial charge is 0.348 e. The Hall–Kier alpha value is -3.92. The molecule has 0 aliphatic heterocycles. The molecular formula is C23H22N4O5S. The summed E-state index contributed by atoms with van der Waals surface area (Å²) in [6, 6.07) is 11.9. The first kappa shape index (κ1) is 22.3. The maximum atomic E-state index is 12.7. The highest BCUT2D eigenvalue weighted by Gasteiger charge is 2.21. The van der Waals surface area contributed by atoms with E-state index in [-0.39, 0.29) is 12.5 Å². The van der Waals surface area contributed by atoms with E-state index in [9.17, 15) is 14.4 Å². The number of carbonyl (C=O) groups excluding carboxylic acids is 3. The molecule has 0 aliphatic carbocycles. The molecule has 10 heteroatoms. The van der Waals surface area contributed by atoms with E-state index in [0.29, 0.717) is 21.9 Å². The molecule has 0 spiro atoms. The molecule has 0 bridgehead atoms. The highest BCUT2D eigenvalue weighted by Crippen LogP contribution is 2.28. The molecule has 0 saturated carbocycles. The molecule has 170 valence electrons. The maximum absolute atomic E-state index is 12.7. The Morgan fingerprint density at radius 2 is 2.00 bits per heavy atom. The zero-order valence-electron chi connectivity index (χ0n) is 18.3. The van der Waals surface area contributed by atoms with Crippen LogP contribution >= 0.6 is 11.3 Å². The number of rotatable bonds is 7. The maximum Gasteiger partial charge on any atom is 0.348 e. The van der Waals surface area contributed by atoms with Crippen molar-refractivity contribution in [2.24, 2.45) is 7.05 Å². The number of fused-ring (bicyclic) bond motifs is 1. The lowest BCUT2D eigenvalue weighted by Gasteiger charge is -2.20. The minimum absolute atomic E-state index is 0.222. The SMILES string of the molecule is Cc1nn(C)c2sc(C(=O)OCC(=O)N(C)c3ccccc3C(=O)NCc3ccco3)cc12. The molecule has 0 radical (unpaired) electrons. The van der Waals surface area contributed by atoms with E-state index >= 15 is 0 Å². The molecule has 0 aliphatic rings. The number of benzene rings is 1. The Bertz CT molecular complexity index is 1290. The quantitative estimate of drug-likeness (QED) is 0.419. The van der Waals surface area contributed by atoms with Crippen LogP contribution in [0.1, 0.15) is 31.5 Å². The Morgan fingerprint density at radius 3 is 2.73 bits per heavy atom. The number of nitrogens with zero attached hydrogens (tertiary/aromatic N) is 3. The van der Waals surface area contributed by atoms with Crippen molar-refractivity contribution in [3.8, 4) is 0 Å². The molecule has 3 heterocycles. The van der Waals surface area contributed by atoms with E-state index in [1.54, 1.807) is 47.1 Å². The van der Waals surface area contributed by atoms with Gasteiger partial charge in [0.05, 0.1) is 29.8 Å². The van der Waals surface area contributed by atoms with Crippen LogP contribution in [0.25, 0.3) is 10.2 Å². The third-order valence-corrected chi connectivity index (χ3v) is 6.29. The molecule has 1 N–H and O–H groups in total. The summed E-state index contributed by atoms with van der Waals surface area (Å²) in [6.45, 7) is 1.63. The van der Waals surface area contributed by atoms with Crippen LogP contribution in [0.15, 0.2) is 53.1 Å². The number of hydrogen-bond donors (Lipinski definition) is 1. The number of likely N-dealkylation sites (N-methyl/N-ethyl adjacent to an activating group) is 1. The van der Waals surface area contributed by atoms with Crippen molar-refractivity contribution in [3.63, 3.8) is 0 Å². The lowest BCUT2D eigenvalue weighted by Crippen LogP contribution is -2.33. The van der Waals surface area contributed by atoms with E-state index in [2.05, 4.69) is 10.4 Å². The second kappa shape index (κ2) is 9.29. The number of furan rings is 1. The molecule has 4 aromatic rings. The number of amides is 2. The normalized spacial score (nSPS) is 10.9. The highest BCUT2D eigenvalue weighted by atomic mass is 32.1. The van der Waals surface area contributed by atoms with Gasteiger partial charge in [0, 0.05) is 19.5 Å². The van der Waals surface area contributed by atoms with E-state index < -0.39 is 18.5 Å². The number of aryl methyl sites for hydroxylation is 2. The van der Waals surface area contributed by atoms with Gasteiger partial charge in [-0.15, -0.1) is 11.3 Å². The van der Waals surface area contributed by atoms with Crippen LogP contribution in [0.3, 0.4) is 0 Å². The van der Waals surface area contributed by atoms with Gasteiger partial charge in [-0.1, -0.05) is 12.1 Å². The standard InChI is InChI=1S/C23H22N4O5S/c1-14-17-11-19(33-22(17)27(3)25-14)23(30)32-13-20(28)26(2)18-9-5-4-8-16(18)21(29)24-12-15-7-6-10-31-15/h4-11H,12-13H2,1-3H3,(H,24,29). The van der Waals surface area contributed by atoms with E-state index in [0.717, 1.165) is 15.9 Å². The summed E-state index contributed by atoms with van der Waals surface area (Å²) in [5.41, 5.74) is 1.54. The third-order valence-electron chi connectivity index (χ3n) is 5.11. The molecule has 33 heavy (non-hydrogen) atoms. The first-order valence-electron chi connectivity index (χ1n) is 10.1. The van der Waals surface area contributed by atoms with Crippen molar-refractivity contribution in [1.29, 1.82) is 0 Å². The van der Waals surface area contributed by atoms with E-state index in [1.165, 1.54) is 29.5 Å². The molecule has 3 aromatic heterocycles. The first-order chi connectivity index (χ1) is 15.8. The van der Waals surface area contributed by atoms with Gasteiger partial charge in [-0.2, -0.15) is 5.10 Å². The van der Waals surface area contributed by atoms with Crippen LogP contribution < -0.4 is 10.2 Å². The zero-order valence-corrected chi connectivity index (χ0v) is 19.1. The van der Waals surface area contributed by atoms with E-state index in [4.69, 9.17) is 9.15 Å². The van der Waals surface area contributed by atoms with Crippen LogP contribution in [-0.2, 0) is 23.1 Å². The van der Waals surface area contributed by atoms with E-state index in [1.807, 2.05) is 14.0 Å². The third kappa shape index (κ3) is 4.65. The number of aromatic nitrogens is 2. The lowest BCUT2D eigenvalue weighted by atomic mass is 10.1. The van der Waals surface area contributed by atoms with Crippen LogP contribution in [0.4, 0.5) is 5.69 Å². The number of nitrogens with one attached hydrogen (secondary N) is 1. The van der Waals surface area contributed by atoms with Crippen molar-refractivity contribution in [3.05, 3.63) is 70.6 Å². The van der Waals surface area contributed by atoms with Gasteiger partial charge >= 0.3 is 5.97 Å². The second-order valence-electron chi connectivity index (χ2n) is 7.35. The van der Waals surface area contributed by atoms with Gasteiger partial charge in [0.2, 0.25) is 0 Å². The van der Waals surface area contributed by atoms with Crippen molar-refractivity contribution >= 4 is 45.0 Å². The van der Waals surface area contributed by atoms with Crippen molar-refractivity contribution in [2.45, 2.75) is 13.5 Å². The van der Waals surface area contributed by atoms with Gasteiger partial charge in [-0.3, -0.25) is 14.3 Å². The molecule has 1 aromatic carbocycles. The number of ether oxygens (including phenoxy) is 1. The Balaban J connectivity index is 1.40. The summed E-state index contributed by atoms with van der Waals surface area (Å²) >= 11 is 1.26. The first-order valence-corrected chi connectivity index (χ1v) is 10.9. The van der Waals surface area contributed by atoms with Gasteiger partial charge in [0.25, 0.3) is 11.8 Å². The van der Waals surface area contributed by atoms with Crippen molar-refractivity contribution < 1.29 is 23.5 Å². The number of hydrogen-bond acceptors (Lipinski definition) is 7. The number of thiophene rings is 1. The van der Waals surface area contributed by atoms with Crippen LogP contribution in [-0.4, -0.2) is 41.2 Å². The Kier molecular flexibility index (Phi) is 6.27. The molecular weight excluding hydrogens is 444 g/mol. The molecule has 2 amide bonds. The summed E-state index contributed by atoms with van der Waals surface area (Å²) in [4.78, 5) is 40.4. The topological polar surface area (TPSA) is 107 Å². The lowest BCUT2D eigenvalue weighted by molar-refractivity contribution is -0.121. The number of anilines is 1. The van der Waals surface area contributed by atoms with Crippen molar-refractivity contribution in [2.75, 3.05) is 18.6 Å². The molecule has 0 fully saturated rings. The van der Waals surface area contributed by atoms with Crippen LogP contribution in [0.2, 0.25) is 0 Å². The predicted octanol–water partition coefficient (Wildman–Crippen LogP) is 3.29. The fraction of sp³-hybridized carbons (Fsp3) is 0.217. The number of esters is 1. The van der Waals surface area contributed by atoms with Crippen molar-refractivity contribution in [1.82, 2.24) is 15.1 Å². The second-order valence-corrected chi connectivity index (χ2v) is 8.38. The Labute approximate surface area is 193 Å². The highest BCUT2D eigenvalue weighted by molar-refractivity contribution is 7.20. The van der Waals surface area contributed by atoms with Crippen LogP contribution in [0.5, 0.6) is 0 Å². The largest absolute Gasteiger partial charge is 0.467 e. The summed E-state index contributed by atoms with van der Waals surface area (Å²) in [6.07, 6.45) is 1.53. The molecule has 0 atom stereocenters. The van der Waals surface area contributed by atoms with Crippen LogP contribution in [0, 0.1) is 6.92 Å². The summed E-state index contributed by atoms with van der Waals surface area (Å²) in [5, 5.41) is 7.95. The van der Waals surface area contributed by atoms with Gasteiger partial charge in [-0.05, 0) is 37.3 Å². The zero-order chi connectivity index (χ0) is 23.5.